The van der Waals surface area contributed by atoms with E-state index in [2.05, 4.69) is 20.8 Å². The van der Waals surface area contributed by atoms with Crippen molar-refractivity contribution in [2.24, 2.45) is 0 Å². The maximum atomic E-state index is 12.1. The zero-order chi connectivity index (χ0) is 16.2. The van der Waals surface area contributed by atoms with Gasteiger partial charge < -0.3 is 10.6 Å². The van der Waals surface area contributed by atoms with Gasteiger partial charge in [-0.1, -0.05) is 24.3 Å². The van der Waals surface area contributed by atoms with Crippen LogP contribution in [0.4, 0.5) is 5.82 Å². The molecule has 23 heavy (non-hydrogen) atoms. The summed E-state index contributed by atoms with van der Waals surface area (Å²) in [6.07, 6.45) is 2.69. The van der Waals surface area contributed by atoms with Gasteiger partial charge in [-0.25, -0.2) is 0 Å². The number of rotatable bonds is 6. The minimum absolute atomic E-state index is 0.0574. The molecule has 0 saturated heterocycles. The van der Waals surface area contributed by atoms with Crippen LogP contribution in [-0.2, 0) is 22.6 Å². The fraction of sp³-hybridized carbons (Fsp3) is 0.353. The molecule has 1 fully saturated rings. The standard InChI is InChI=1S/C17H20N4O2/c1-11(22)18-10-13-4-2-12(3-5-13)8-17(23)19-16-9-15(20-21-16)14-6-7-14/h2-5,9,14H,6-8,10H2,1H3,(H,18,22)(H2,19,20,21,23). The van der Waals surface area contributed by atoms with E-state index in [-0.39, 0.29) is 11.8 Å². The molecule has 0 atom stereocenters. The molecule has 1 saturated carbocycles. The number of benzene rings is 1. The normalized spacial score (nSPS) is 13.6. The number of carbonyl (C=O) groups is 2. The summed E-state index contributed by atoms with van der Waals surface area (Å²) >= 11 is 0. The van der Waals surface area contributed by atoms with E-state index in [1.807, 2.05) is 30.3 Å². The SMILES string of the molecule is CC(=O)NCc1ccc(CC(=O)Nc2cc(C3CC3)[nH]n2)cc1. The molecule has 6 heteroatoms. The predicted octanol–water partition coefficient (Wildman–Crippen LogP) is 2.10. The van der Waals surface area contributed by atoms with Gasteiger partial charge in [-0.15, -0.1) is 0 Å². The fourth-order valence-corrected chi connectivity index (χ4v) is 2.38. The van der Waals surface area contributed by atoms with Gasteiger partial charge in [0, 0.05) is 31.1 Å². The van der Waals surface area contributed by atoms with Crippen molar-refractivity contribution in [1.82, 2.24) is 15.5 Å². The Labute approximate surface area is 134 Å². The van der Waals surface area contributed by atoms with Crippen molar-refractivity contribution in [3.63, 3.8) is 0 Å². The van der Waals surface area contributed by atoms with E-state index in [0.29, 0.717) is 24.7 Å². The Morgan fingerprint density at radius 2 is 1.91 bits per heavy atom. The molecule has 3 rings (SSSR count). The predicted molar refractivity (Wildman–Crippen MR) is 86.9 cm³/mol. The molecule has 120 valence electrons. The molecule has 0 bridgehead atoms. The number of aromatic amines is 1. The lowest BCUT2D eigenvalue weighted by Gasteiger charge is -2.05. The second-order valence-corrected chi connectivity index (χ2v) is 5.93. The number of anilines is 1. The Balaban J connectivity index is 1.51. The number of amides is 2. The molecule has 1 aliphatic rings. The number of nitrogens with zero attached hydrogens (tertiary/aromatic N) is 1. The first kappa shape index (κ1) is 15.3. The van der Waals surface area contributed by atoms with Crippen molar-refractivity contribution in [2.75, 3.05) is 5.32 Å². The van der Waals surface area contributed by atoms with Crippen molar-refractivity contribution < 1.29 is 9.59 Å². The van der Waals surface area contributed by atoms with Gasteiger partial charge in [-0.2, -0.15) is 5.10 Å². The third-order valence-electron chi connectivity index (χ3n) is 3.81. The summed E-state index contributed by atoms with van der Waals surface area (Å²) in [5.74, 6) is 1.02. The van der Waals surface area contributed by atoms with Crippen molar-refractivity contribution in [2.45, 2.75) is 38.6 Å². The van der Waals surface area contributed by atoms with Crippen LogP contribution in [0.25, 0.3) is 0 Å². The maximum absolute atomic E-state index is 12.1. The molecular weight excluding hydrogens is 292 g/mol. The first-order chi connectivity index (χ1) is 11.1. The molecule has 1 aromatic carbocycles. The van der Waals surface area contributed by atoms with Crippen molar-refractivity contribution in [1.29, 1.82) is 0 Å². The van der Waals surface area contributed by atoms with Crippen LogP contribution < -0.4 is 10.6 Å². The molecule has 2 aromatic rings. The van der Waals surface area contributed by atoms with Gasteiger partial charge in [0.05, 0.1) is 6.42 Å². The highest BCUT2D eigenvalue weighted by atomic mass is 16.2. The van der Waals surface area contributed by atoms with E-state index in [0.717, 1.165) is 16.8 Å². The van der Waals surface area contributed by atoms with Crippen LogP contribution in [0.3, 0.4) is 0 Å². The summed E-state index contributed by atoms with van der Waals surface area (Å²) in [6, 6.07) is 9.54. The summed E-state index contributed by atoms with van der Waals surface area (Å²) in [5, 5.41) is 12.6. The van der Waals surface area contributed by atoms with Gasteiger partial charge in [0.15, 0.2) is 5.82 Å². The number of hydrogen-bond donors (Lipinski definition) is 3. The fourth-order valence-electron chi connectivity index (χ4n) is 2.38. The third kappa shape index (κ3) is 4.42. The zero-order valence-electron chi connectivity index (χ0n) is 13.1. The third-order valence-corrected chi connectivity index (χ3v) is 3.81. The van der Waals surface area contributed by atoms with E-state index in [9.17, 15) is 9.59 Å². The number of carbonyl (C=O) groups excluding carboxylic acids is 2. The Kier molecular flexibility index (Phi) is 4.41. The van der Waals surface area contributed by atoms with Crippen LogP contribution in [0.15, 0.2) is 30.3 Å². The van der Waals surface area contributed by atoms with Gasteiger partial charge in [-0.05, 0) is 24.0 Å². The molecular formula is C17H20N4O2. The Morgan fingerprint density at radius 1 is 1.22 bits per heavy atom. The summed E-state index contributed by atoms with van der Waals surface area (Å²) in [4.78, 5) is 22.9. The molecule has 2 amide bonds. The van der Waals surface area contributed by atoms with E-state index in [4.69, 9.17) is 0 Å². The van der Waals surface area contributed by atoms with Gasteiger partial charge in [0.2, 0.25) is 11.8 Å². The Bertz CT molecular complexity index is 702. The minimum atomic E-state index is -0.0894. The average Bonchev–Trinajstić information content (AvgIpc) is 3.27. The Morgan fingerprint density at radius 3 is 2.57 bits per heavy atom. The van der Waals surface area contributed by atoms with Crippen molar-refractivity contribution >= 4 is 17.6 Å². The molecule has 3 N–H and O–H groups in total. The van der Waals surface area contributed by atoms with Crippen LogP contribution in [0, 0.1) is 0 Å². The van der Waals surface area contributed by atoms with Crippen LogP contribution in [0.2, 0.25) is 0 Å². The first-order valence-electron chi connectivity index (χ1n) is 7.77. The summed E-state index contributed by atoms with van der Waals surface area (Å²) < 4.78 is 0. The van der Waals surface area contributed by atoms with E-state index >= 15 is 0 Å². The van der Waals surface area contributed by atoms with Crippen LogP contribution >= 0.6 is 0 Å². The molecule has 6 nitrogen and oxygen atoms in total. The number of nitrogens with one attached hydrogen (secondary N) is 3. The maximum Gasteiger partial charge on any atom is 0.229 e. The first-order valence-corrected chi connectivity index (χ1v) is 7.77. The van der Waals surface area contributed by atoms with Gasteiger partial charge in [-0.3, -0.25) is 14.7 Å². The molecule has 0 aliphatic heterocycles. The highest BCUT2D eigenvalue weighted by molar-refractivity contribution is 5.91. The number of hydrogen-bond acceptors (Lipinski definition) is 3. The lowest BCUT2D eigenvalue weighted by Crippen LogP contribution is -2.19. The van der Waals surface area contributed by atoms with Crippen molar-refractivity contribution in [3.05, 3.63) is 47.2 Å². The molecule has 0 spiro atoms. The monoisotopic (exact) mass is 312 g/mol. The van der Waals surface area contributed by atoms with E-state index in [1.54, 1.807) is 0 Å². The molecule has 0 unspecified atom stereocenters. The average molecular weight is 312 g/mol. The van der Waals surface area contributed by atoms with Gasteiger partial charge >= 0.3 is 0 Å². The quantitative estimate of drug-likeness (QED) is 0.763. The second-order valence-electron chi connectivity index (χ2n) is 5.93. The lowest BCUT2D eigenvalue weighted by atomic mass is 10.1. The summed E-state index contributed by atoms with van der Waals surface area (Å²) in [7, 11) is 0. The van der Waals surface area contributed by atoms with Gasteiger partial charge in [0.25, 0.3) is 0 Å². The van der Waals surface area contributed by atoms with Crippen molar-refractivity contribution in [3.8, 4) is 0 Å². The van der Waals surface area contributed by atoms with E-state index < -0.39 is 0 Å². The highest BCUT2D eigenvalue weighted by Crippen LogP contribution is 2.39. The lowest BCUT2D eigenvalue weighted by molar-refractivity contribution is -0.119. The largest absolute Gasteiger partial charge is 0.352 e. The molecule has 1 aliphatic carbocycles. The Hall–Kier alpha value is -2.63. The summed E-state index contributed by atoms with van der Waals surface area (Å²) in [6.45, 7) is 1.99. The zero-order valence-corrected chi connectivity index (χ0v) is 13.1. The molecule has 1 aromatic heterocycles. The number of H-pyrrole nitrogens is 1. The van der Waals surface area contributed by atoms with Crippen LogP contribution in [-0.4, -0.2) is 22.0 Å². The van der Waals surface area contributed by atoms with Crippen LogP contribution in [0.5, 0.6) is 0 Å². The smallest absolute Gasteiger partial charge is 0.229 e. The summed E-state index contributed by atoms with van der Waals surface area (Å²) in [5.41, 5.74) is 3.03. The topological polar surface area (TPSA) is 86.9 Å². The van der Waals surface area contributed by atoms with Crippen LogP contribution in [0.1, 0.15) is 42.5 Å². The van der Waals surface area contributed by atoms with E-state index in [1.165, 1.54) is 19.8 Å². The van der Waals surface area contributed by atoms with Gasteiger partial charge in [0.1, 0.15) is 0 Å². The molecule has 1 heterocycles. The molecule has 0 radical (unpaired) electrons. The second kappa shape index (κ2) is 6.64. The minimum Gasteiger partial charge on any atom is -0.352 e. The highest BCUT2D eigenvalue weighted by Gasteiger charge is 2.25. The number of aromatic nitrogens is 2.